The molecule has 0 aliphatic carbocycles. The van der Waals surface area contributed by atoms with Crippen LogP contribution in [-0.2, 0) is 46.7 Å². The van der Waals surface area contributed by atoms with E-state index in [1.807, 2.05) is 0 Å². The Bertz CT molecular complexity index is 2750. The third-order valence-electron chi connectivity index (χ3n) is 13.5. The van der Waals surface area contributed by atoms with Gasteiger partial charge in [0.15, 0.2) is 0 Å². The van der Waals surface area contributed by atoms with Gasteiger partial charge in [-0.05, 0) is 112 Å². The summed E-state index contributed by atoms with van der Waals surface area (Å²) >= 11 is 1.06. The molecule has 339 valence electrons. The first-order valence-electron chi connectivity index (χ1n) is 25.1. The van der Waals surface area contributed by atoms with Gasteiger partial charge < -0.3 is 24.9 Å². The van der Waals surface area contributed by atoms with Crippen LogP contribution in [0.15, 0.2) is 78.9 Å². The molecule has 0 N–H and O–H groups in total. The summed E-state index contributed by atoms with van der Waals surface area (Å²) < 4.78 is 8.19. The van der Waals surface area contributed by atoms with Crippen LogP contribution < -0.4 is 9.97 Å². The van der Waals surface area contributed by atoms with Gasteiger partial charge in [0.1, 0.15) is 0 Å². The van der Waals surface area contributed by atoms with Crippen molar-refractivity contribution >= 4 is 44.0 Å². The van der Waals surface area contributed by atoms with Crippen molar-refractivity contribution in [2.75, 3.05) is 0 Å². The molecule has 7 aromatic rings. The van der Waals surface area contributed by atoms with Crippen molar-refractivity contribution in [3.05, 3.63) is 101 Å². The number of unbranched alkanes of at least 4 members (excludes halogenated alkanes) is 12. The van der Waals surface area contributed by atoms with Crippen molar-refractivity contribution in [1.82, 2.24) is 34.9 Å². The molecule has 9 heteroatoms. The Kier molecular flexibility index (Phi) is 16.4. The van der Waals surface area contributed by atoms with Gasteiger partial charge in [-0.15, -0.1) is 0 Å². The summed E-state index contributed by atoms with van der Waals surface area (Å²) in [5, 5.41) is 4.29. The van der Waals surface area contributed by atoms with Crippen molar-refractivity contribution in [3.8, 4) is 45.4 Å². The molecule has 66 heavy (non-hydrogen) atoms. The Hall–Kier alpha value is -5.31. The quantitative estimate of drug-likeness (QED) is 0.0695. The van der Waals surface area contributed by atoms with E-state index < -0.39 is 0 Å². The molecule has 0 saturated carbocycles. The molecule has 0 fully saturated rings. The summed E-state index contributed by atoms with van der Waals surface area (Å²) in [6.45, 7) is 9.09. The average Bonchev–Trinajstić information content (AvgIpc) is 4.09. The van der Waals surface area contributed by atoms with E-state index >= 15 is 0 Å². The molecule has 0 unspecified atom stereocenters. The second-order valence-corrected chi connectivity index (χ2v) is 18.2. The van der Waals surface area contributed by atoms with Gasteiger partial charge in [-0.25, -0.2) is 9.97 Å². The fraction of sp³-hybridized carbons (Fsp3) is 0.421. The van der Waals surface area contributed by atoms with Crippen LogP contribution in [0.4, 0.5) is 0 Å². The second-order valence-electron chi connectivity index (χ2n) is 18.2. The number of nitrogens with zero attached hydrogens (tertiary/aromatic N) is 7. The van der Waals surface area contributed by atoms with E-state index in [0.717, 1.165) is 135 Å². The Morgan fingerprint density at radius 2 is 0.848 bits per heavy atom. The van der Waals surface area contributed by atoms with Crippen molar-refractivity contribution in [2.24, 2.45) is 0 Å². The summed E-state index contributed by atoms with van der Waals surface area (Å²) in [6.07, 6.45) is 22.9. The molecule has 8 bridgehead atoms. The SMILES string of the molecule is CCCCCCc1cccc2c1-c1nc-2cc2[n-]c(nc3nc(nc4[n-]c(n1)c1c(CCCCCC)cccc41)-c1cccc(CCCCCC)c1-3)c1c(CCCCCC)cccc21.[O]=[V+2]. The van der Waals surface area contributed by atoms with Crippen LogP contribution >= 0.6 is 0 Å². The molecule has 2 aliphatic rings. The Labute approximate surface area is 400 Å². The van der Waals surface area contributed by atoms with Gasteiger partial charge in [-0.2, -0.15) is 0 Å². The van der Waals surface area contributed by atoms with Gasteiger partial charge in [0.25, 0.3) is 0 Å². The molecule has 4 aromatic carbocycles. The van der Waals surface area contributed by atoms with Crippen LogP contribution in [0.25, 0.3) is 89.4 Å². The van der Waals surface area contributed by atoms with E-state index in [0.29, 0.717) is 22.9 Å². The average molecular weight is 915 g/mol. The first kappa shape index (κ1) is 47.2. The van der Waals surface area contributed by atoms with E-state index in [1.54, 1.807) is 0 Å². The van der Waals surface area contributed by atoms with Crippen molar-refractivity contribution < 1.29 is 21.0 Å². The number of benzene rings is 4. The summed E-state index contributed by atoms with van der Waals surface area (Å²) in [6, 6.07) is 28.7. The summed E-state index contributed by atoms with van der Waals surface area (Å²) in [5.74, 6) is 2.05. The number of aryl methyl sites for hydroxylation is 4. The van der Waals surface area contributed by atoms with E-state index in [1.165, 1.54) is 99.3 Å². The number of rotatable bonds is 20. The minimum atomic E-state index is 0.645. The number of hydrogen-bond donors (Lipinski definition) is 0. The molecule has 2 aliphatic heterocycles. The van der Waals surface area contributed by atoms with Crippen LogP contribution in [0.1, 0.15) is 153 Å². The third kappa shape index (κ3) is 10.2. The number of hydrogen-bond acceptors (Lipinski definition) is 6. The number of aromatic nitrogens is 7. The predicted octanol–water partition coefficient (Wildman–Crippen LogP) is 15.1. The van der Waals surface area contributed by atoms with Crippen molar-refractivity contribution in [3.63, 3.8) is 0 Å². The molecular formula is C57H65N7OV. The first-order chi connectivity index (χ1) is 32.6. The monoisotopic (exact) mass is 914 g/mol. The minimum absolute atomic E-state index is 0.645. The Balaban J connectivity index is 0.00000292. The molecule has 0 amide bonds. The predicted molar refractivity (Wildman–Crippen MR) is 268 cm³/mol. The van der Waals surface area contributed by atoms with Crippen LogP contribution in [0.5, 0.6) is 0 Å². The molecule has 0 atom stereocenters. The van der Waals surface area contributed by atoms with Crippen LogP contribution in [0.2, 0.25) is 0 Å². The second kappa shape index (κ2) is 22.9. The van der Waals surface area contributed by atoms with Gasteiger partial charge in [0.05, 0.1) is 23.2 Å². The zero-order valence-electron chi connectivity index (χ0n) is 39.6. The number of fused-ring (bicyclic) bond motifs is 20. The van der Waals surface area contributed by atoms with E-state index in [4.69, 9.17) is 38.6 Å². The van der Waals surface area contributed by atoms with Crippen LogP contribution in [-0.4, -0.2) is 24.9 Å². The fourth-order valence-electron chi connectivity index (χ4n) is 10.1. The van der Waals surface area contributed by atoms with Gasteiger partial charge in [0.2, 0.25) is 0 Å². The third-order valence-corrected chi connectivity index (χ3v) is 13.5. The Morgan fingerprint density at radius 1 is 0.409 bits per heavy atom. The summed E-state index contributed by atoms with van der Waals surface area (Å²) in [4.78, 5) is 38.1. The maximum atomic E-state index is 8.19. The van der Waals surface area contributed by atoms with Crippen LogP contribution in [0, 0.1) is 0 Å². The van der Waals surface area contributed by atoms with Gasteiger partial charge in [-0.3, -0.25) is 0 Å². The van der Waals surface area contributed by atoms with Crippen molar-refractivity contribution in [2.45, 2.75) is 156 Å². The summed E-state index contributed by atoms with van der Waals surface area (Å²) in [7, 11) is 0. The zero-order valence-corrected chi connectivity index (χ0v) is 41.0. The maximum absolute atomic E-state index is 8.19. The molecular weight excluding hydrogens is 850 g/mol. The van der Waals surface area contributed by atoms with Gasteiger partial charge >= 0.3 is 21.0 Å². The molecule has 3 aromatic heterocycles. The molecule has 8 nitrogen and oxygen atoms in total. The van der Waals surface area contributed by atoms with Gasteiger partial charge in [-0.1, -0.05) is 178 Å². The topological polar surface area (TPSA) is 110 Å². The normalized spacial score (nSPS) is 11.8. The van der Waals surface area contributed by atoms with Crippen molar-refractivity contribution in [1.29, 1.82) is 0 Å². The first-order valence-corrected chi connectivity index (χ1v) is 25.7. The van der Waals surface area contributed by atoms with E-state index in [9.17, 15) is 0 Å². The van der Waals surface area contributed by atoms with Crippen LogP contribution in [0.3, 0.4) is 0 Å². The molecule has 5 heterocycles. The molecule has 0 spiro atoms. The zero-order chi connectivity index (χ0) is 45.8. The molecule has 9 rings (SSSR count). The van der Waals surface area contributed by atoms with E-state index in [2.05, 4.69) is 107 Å². The molecule has 0 saturated heterocycles. The summed E-state index contributed by atoms with van der Waals surface area (Å²) in [5.41, 5.74) is 13.2. The molecule has 0 radical (unpaired) electrons. The van der Waals surface area contributed by atoms with Gasteiger partial charge in [0, 0.05) is 33.5 Å². The standard InChI is InChI=1S/C57H65N7.O.V/c1-5-9-13-17-25-38-29-21-33-42-46-37-47-43-34-22-30-39(26-18-14-10-6-2)49(43)55(59-47)64-57-51-41(28-20-16-12-8-4)32-24-36-45(51)53(62-57)60-52-44-35-23-31-40(27-19-15-11-7-3)50(44)56(61-52)63-54(58-46)48(38)42;;/h21-24,29-37H,5-20,25-28H2,1-4H3;;/q-2;;+2. The Morgan fingerprint density at radius 3 is 1.42 bits per heavy atom. The van der Waals surface area contributed by atoms with E-state index in [-0.39, 0.29) is 0 Å². The fourth-order valence-corrected chi connectivity index (χ4v) is 10.1.